The third-order valence-corrected chi connectivity index (χ3v) is 5.01. The molecule has 27 heavy (non-hydrogen) atoms. The van der Waals surface area contributed by atoms with Crippen molar-refractivity contribution >= 4 is 11.8 Å². The van der Waals surface area contributed by atoms with Gasteiger partial charge >= 0.3 is 0 Å². The molecule has 4 rings (SSSR count). The number of nitrogens with one attached hydrogen (secondary N) is 1. The van der Waals surface area contributed by atoms with E-state index in [2.05, 4.69) is 25.3 Å². The number of carbonyl (C=O) groups is 2. The lowest BCUT2D eigenvalue weighted by atomic mass is 10.1. The molecule has 142 valence electrons. The third kappa shape index (κ3) is 3.97. The summed E-state index contributed by atoms with van der Waals surface area (Å²) in [5.74, 6) is 1.11. The number of nitrogens with zero attached hydrogens (tertiary/aromatic N) is 5. The van der Waals surface area contributed by atoms with Crippen LogP contribution >= 0.6 is 0 Å². The summed E-state index contributed by atoms with van der Waals surface area (Å²) < 4.78 is 5.26. The molecule has 2 aliphatic heterocycles. The van der Waals surface area contributed by atoms with E-state index >= 15 is 0 Å². The molecule has 0 spiro atoms. The summed E-state index contributed by atoms with van der Waals surface area (Å²) in [5.41, 5.74) is 0.798. The lowest BCUT2D eigenvalue weighted by Gasteiger charge is -2.43. The van der Waals surface area contributed by atoms with Crippen molar-refractivity contribution in [1.82, 2.24) is 30.2 Å². The molecule has 2 saturated heterocycles. The second-order valence-electron chi connectivity index (χ2n) is 6.79. The first kappa shape index (κ1) is 17.6. The van der Waals surface area contributed by atoms with Crippen LogP contribution in [0.2, 0.25) is 0 Å². The summed E-state index contributed by atoms with van der Waals surface area (Å²) in [6.45, 7) is 3.44. The first-order chi connectivity index (χ1) is 13.2. The Morgan fingerprint density at radius 3 is 3.11 bits per heavy atom. The fraction of sp³-hybridized carbons (Fsp3) is 0.500. The Kier molecular flexibility index (Phi) is 5.10. The van der Waals surface area contributed by atoms with Gasteiger partial charge in [0, 0.05) is 63.5 Å². The van der Waals surface area contributed by atoms with Crippen molar-refractivity contribution in [2.45, 2.75) is 25.3 Å². The first-order valence-electron chi connectivity index (χ1n) is 9.23. The maximum absolute atomic E-state index is 12.5. The summed E-state index contributed by atoms with van der Waals surface area (Å²) in [5, 5.41) is 6.83. The van der Waals surface area contributed by atoms with Crippen molar-refractivity contribution in [3.05, 3.63) is 30.4 Å². The van der Waals surface area contributed by atoms with Crippen LogP contribution < -0.4 is 5.32 Å². The van der Waals surface area contributed by atoms with Crippen LogP contribution in [0.25, 0.3) is 11.4 Å². The highest BCUT2D eigenvalue weighted by molar-refractivity contribution is 5.84. The predicted octanol–water partition coefficient (Wildman–Crippen LogP) is 0.0969. The SMILES string of the molecule is O=C1NCCN2CCN(C(=O)CCCc3nc(-c4cccnc4)no3)C[C@@H]12. The minimum atomic E-state index is -0.213. The van der Waals surface area contributed by atoms with E-state index in [9.17, 15) is 9.59 Å². The van der Waals surface area contributed by atoms with Crippen LogP contribution in [-0.2, 0) is 16.0 Å². The number of hydrogen-bond acceptors (Lipinski definition) is 7. The van der Waals surface area contributed by atoms with Gasteiger partial charge in [0.1, 0.15) is 6.04 Å². The molecule has 9 heteroatoms. The van der Waals surface area contributed by atoms with Crippen molar-refractivity contribution in [2.24, 2.45) is 0 Å². The molecule has 2 aliphatic rings. The van der Waals surface area contributed by atoms with Gasteiger partial charge in [-0.3, -0.25) is 19.5 Å². The van der Waals surface area contributed by atoms with Crippen LogP contribution in [0.15, 0.2) is 29.0 Å². The van der Waals surface area contributed by atoms with Gasteiger partial charge in [-0.15, -0.1) is 0 Å². The molecule has 2 aromatic rings. The largest absolute Gasteiger partial charge is 0.353 e. The molecule has 2 amide bonds. The minimum Gasteiger partial charge on any atom is -0.353 e. The quantitative estimate of drug-likeness (QED) is 0.796. The normalized spacial score (nSPS) is 20.2. The second kappa shape index (κ2) is 7.83. The highest BCUT2D eigenvalue weighted by atomic mass is 16.5. The Morgan fingerprint density at radius 1 is 1.33 bits per heavy atom. The van der Waals surface area contributed by atoms with Crippen LogP contribution in [-0.4, -0.2) is 75.5 Å². The monoisotopic (exact) mass is 370 g/mol. The summed E-state index contributed by atoms with van der Waals surface area (Å²) in [6.07, 6.45) is 4.94. The molecule has 0 aromatic carbocycles. The zero-order valence-electron chi connectivity index (χ0n) is 15.0. The number of aryl methyl sites for hydroxylation is 1. The lowest BCUT2D eigenvalue weighted by molar-refractivity contribution is -0.140. The highest BCUT2D eigenvalue weighted by Gasteiger charge is 2.35. The topological polar surface area (TPSA) is 104 Å². The number of piperazine rings is 2. The number of fused-ring (bicyclic) bond motifs is 1. The van der Waals surface area contributed by atoms with E-state index in [1.165, 1.54) is 0 Å². The Labute approximate surface area is 156 Å². The lowest BCUT2D eigenvalue weighted by Crippen LogP contribution is -2.64. The molecular formula is C18H22N6O3. The number of pyridine rings is 1. The van der Waals surface area contributed by atoms with Crippen molar-refractivity contribution < 1.29 is 14.1 Å². The average molecular weight is 370 g/mol. The van der Waals surface area contributed by atoms with Crippen LogP contribution in [0.5, 0.6) is 0 Å². The molecule has 1 atom stereocenters. The van der Waals surface area contributed by atoms with Gasteiger partial charge in [-0.2, -0.15) is 4.98 Å². The summed E-state index contributed by atoms with van der Waals surface area (Å²) >= 11 is 0. The molecule has 1 N–H and O–H groups in total. The number of aromatic nitrogens is 3. The summed E-state index contributed by atoms with van der Waals surface area (Å²) in [7, 11) is 0. The van der Waals surface area contributed by atoms with Crippen LogP contribution in [0.3, 0.4) is 0 Å². The van der Waals surface area contributed by atoms with Crippen molar-refractivity contribution in [2.75, 3.05) is 32.7 Å². The van der Waals surface area contributed by atoms with E-state index in [1.54, 1.807) is 17.3 Å². The van der Waals surface area contributed by atoms with Crippen molar-refractivity contribution in [1.29, 1.82) is 0 Å². The van der Waals surface area contributed by atoms with E-state index in [-0.39, 0.29) is 17.9 Å². The molecule has 2 fully saturated rings. The van der Waals surface area contributed by atoms with E-state index in [1.807, 2.05) is 12.1 Å². The van der Waals surface area contributed by atoms with Crippen LogP contribution in [0.1, 0.15) is 18.7 Å². The zero-order chi connectivity index (χ0) is 18.6. The van der Waals surface area contributed by atoms with Gasteiger partial charge in [-0.05, 0) is 18.6 Å². The molecule has 0 radical (unpaired) electrons. The Balaban J connectivity index is 1.26. The number of amides is 2. The molecule has 2 aromatic heterocycles. The molecule has 4 heterocycles. The Morgan fingerprint density at radius 2 is 2.26 bits per heavy atom. The number of carbonyl (C=O) groups excluding carboxylic acids is 2. The number of rotatable bonds is 5. The van der Waals surface area contributed by atoms with E-state index < -0.39 is 0 Å². The van der Waals surface area contributed by atoms with Gasteiger partial charge in [-0.25, -0.2) is 0 Å². The maximum atomic E-state index is 12.5. The molecule has 0 saturated carbocycles. The maximum Gasteiger partial charge on any atom is 0.239 e. The van der Waals surface area contributed by atoms with Gasteiger partial charge in [-0.1, -0.05) is 5.16 Å². The smallest absolute Gasteiger partial charge is 0.239 e. The van der Waals surface area contributed by atoms with Crippen molar-refractivity contribution in [3.63, 3.8) is 0 Å². The van der Waals surface area contributed by atoms with Crippen LogP contribution in [0, 0.1) is 0 Å². The van der Waals surface area contributed by atoms with Gasteiger partial charge in [0.25, 0.3) is 0 Å². The van der Waals surface area contributed by atoms with Crippen molar-refractivity contribution in [3.8, 4) is 11.4 Å². The third-order valence-electron chi connectivity index (χ3n) is 5.01. The van der Waals surface area contributed by atoms with Gasteiger partial charge in [0.05, 0.1) is 0 Å². The predicted molar refractivity (Wildman–Crippen MR) is 95.4 cm³/mol. The number of hydrogen-bond donors (Lipinski definition) is 1. The first-order valence-corrected chi connectivity index (χ1v) is 9.23. The second-order valence-corrected chi connectivity index (χ2v) is 6.79. The van der Waals surface area contributed by atoms with E-state index in [4.69, 9.17) is 4.52 Å². The fourth-order valence-corrected chi connectivity index (χ4v) is 3.52. The Hall–Kier alpha value is -2.81. The molecule has 0 aliphatic carbocycles. The molecule has 0 unspecified atom stereocenters. The molecule has 0 bridgehead atoms. The molecular weight excluding hydrogens is 348 g/mol. The van der Waals surface area contributed by atoms with Gasteiger partial charge in [0.2, 0.25) is 23.5 Å². The summed E-state index contributed by atoms with van der Waals surface area (Å²) in [6, 6.07) is 3.47. The van der Waals surface area contributed by atoms with Gasteiger partial charge < -0.3 is 14.7 Å². The average Bonchev–Trinajstić information content (AvgIpc) is 3.18. The standard InChI is InChI=1S/C18H22N6O3/c25-16(24-10-9-23-8-7-20-18(26)14(23)12-24)5-1-4-15-21-17(22-27-15)13-3-2-6-19-11-13/h2-3,6,11,14H,1,4-5,7-10,12H2,(H,20,26)/t14-/m0/s1. The minimum absolute atomic E-state index is 0.0209. The fourth-order valence-electron chi connectivity index (χ4n) is 3.52. The Bertz CT molecular complexity index is 808. The summed E-state index contributed by atoms with van der Waals surface area (Å²) in [4.78, 5) is 36.8. The highest BCUT2D eigenvalue weighted by Crippen LogP contribution is 2.16. The molecule has 9 nitrogen and oxygen atoms in total. The van der Waals surface area contributed by atoms with Crippen LogP contribution in [0.4, 0.5) is 0 Å². The van der Waals surface area contributed by atoms with E-state index in [0.29, 0.717) is 50.6 Å². The zero-order valence-corrected chi connectivity index (χ0v) is 15.0. The van der Waals surface area contributed by atoms with E-state index in [0.717, 1.165) is 18.7 Å². The van der Waals surface area contributed by atoms with Gasteiger partial charge in [0.15, 0.2) is 0 Å².